The maximum atomic E-state index is 4.52. The minimum Gasteiger partial charge on any atom is -0.348 e. The molecule has 3 N–H and O–H groups in total. The Hall–Kier alpha value is -2.58. The molecule has 0 saturated carbocycles. The van der Waals surface area contributed by atoms with Crippen LogP contribution in [0.1, 0.15) is 51.6 Å². The average molecular weight is 425 g/mol. The lowest BCUT2D eigenvalue weighted by atomic mass is 10.1. The maximum absolute atomic E-state index is 4.52. The number of aryl methyl sites for hydroxylation is 1. The van der Waals surface area contributed by atoms with E-state index in [1.54, 1.807) is 0 Å². The lowest BCUT2D eigenvalue weighted by molar-refractivity contribution is 0.451. The van der Waals surface area contributed by atoms with Crippen molar-refractivity contribution in [3.8, 4) is 0 Å². The molecule has 3 aromatic rings. The number of rotatable bonds is 15. The molecule has 8 nitrogen and oxygen atoms in total. The molecule has 3 rings (SSSR count). The van der Waals surface area contributed by atoms with Gasteiger partial charge in [-0.05, 0) is 51.4 Å². The van der Waals surface area contributed by atoms with Crippen molar-refractivity contribution in [1.82, 2.24) is 35.6 Å². The molecule has 168 valence electrons. The van der Waals surface area contributed by atoms with E-state index in [2.05, 4.69) is 50.1 Å². The Labute approximate surface area is 185 Å². The van der Waals surface area contributed by atoms with Crippen LogP contribution in [0.2, 0.25) is 0 Å². The minimum atomic E-state index is 0.556. The molecule has 8 heteroatoms. The van der Waals surface area contributed by atoms with Crippen LogP contribution in [0.4, 0.5) is 5.95 Å². The van der Waals surface area contributed by atoms with Gasteiger partial charge in [0.25, 0.3) is 0 Å². The molecule has 0 aliphatic carbocycles. The Balaban J connectivity index is 1.28. The monoisotopic (exact) mass is 424 g/mol. The second-order valence-electron chi connectivity index (χ2n) is 7.88. The van der Waals surface area contributed by atoms with Crippen molar-refractivity contribution in [3.05, 3.63) is 42.4 Å². The number of nitrogens with one attached hydrogen (secondary N) is 3. The van der Waals surface area contributed by atoms with Crippen molar-refractivity contribution in [2.24, 2.45) is 0 Å². The molecule has 0 aliphatic rings. The Morgan fingerprint density at radius 2 is 1.94 bits per heavy atom. The second-order valence-corrected chi connectivity index (χ2v) is 7.88. The summed E-state index contributed by atoms with van der Waals surface area (Å²) in [5.41, 5.74) is 1.81. The van der Waals surface area contributed by atoms with E-state index in [0.29, 0.717) is 18.5 Å². The molecule has 1 atom stereocenters. The van der Waals surface area contributed by atoms with Gasteiger partial charge in [-0.1, -0.05) is 43.7 Å². The number of benzene rings is 1. The van der Waals surface area contributed by atoms with E-state index in [9.17, 15) is 0 Å². The van der Waals surface area contributed by atoms with E-state index in [-0.39, 0.29) is 0 Å². The Morgan fingerprint density at radius 1 is 1.06 bits per heavy atom. The van der Waals surface area contributed by atoms with Crippen LogP contribution in [-0.4, -0.2) is 50.6 Å². The predicted molar refractivity (Wildman–Crippen MR) is 126 cm³/mol. The molecule has 2 aromatic heterocycles. The number of anilines is 1. The highest BCUT2D eigenvalue weighted by molar-refractivity contribution is 5.78. The number of fused-ring (bicyclic) bond motifs is 1. The lowest BCUT2D eigenvalue weighted by Gasteiger charge is -2.15. The Kier molecular flexibility index (Phi) is 9.66. The molecule has 0 aliphatic heterocycles. The van der Waals surface area contributed by atoms with Gasteiger partial charge in [0, 0.05) is 24.2 Å². The first-order valence-corrected chi connectivity index (χ1v) is 11.6. The molecule has 31 heavy (non-hydrogen) atoms. The van der Waals surface area contributed by atoms with E-state index in [1.807, 2.05) is 41.3 Å². The molecule has 0 bridgehead atoms. The van der Waals surface area contributed by atoms with Gasteiger partial charge in [0.2, 0.25) is 5.95 Å². The zero-order valence-electron chi connectivity index (χ0n) is 18.8. The fourth-order valence-electron chi connectivity index (χ4n) is 3.57. The van der Waals surface area contributed by atoms with Crippen LogP contribution in [0.3, 0.4) is 0 Å². The number of nitrogens with zero attached hydrogens (tertiary/aromatic N) is 5. The van der Waals surface area contributed by atoms with Crippen molar-refractivity contribution >= 4 is 16.9 Å². The second kappa shape index (κ2) is 13.0. The van der Waals surface area contributed by atoms with Crippen LogP contribution in [0.5, 0.6) is 0 Å². The van der Waals surface area contributed by atoms with E-state index < -0.39 is 0 Å². The van der Waals surface area contributed by atoms with Crippen LogP contribution >= 0.6 is 0 Å². The van der Waals surface area contributed by atoms with E-state index in [4.69, 9.17) is 0 Å². The summed E-state index contributed by atoms with van der Waals surface area (Å²) in [5, 5.41) is 19.9. The first-order chi connectivity index (χ1) is 15.3. The van der Waals surface area contributed by atoms with Gasteiger partial charge in [-0.15, -0.1) is 5.10 Å². The van der Waals surface area contributed by atoms with Gasteiger partial charge in [-0.2, -0.15) is 0 Å². The van der Waals surface area contributed by atoms with Crippen molar-refractivity contribution in [3.63, 3.8) is 0 Å². The van der Waals surface area contributed by atoms with Crippen LogP contribution < -0.4 is 16.0 Å². The molecular formula is C23H36N8. The number of hydrogen-bond donors (Lipinski definition) is 3. The fourth-order valence-corrected chi connectivity index (χ4v) is 3.57. The fraction of sp³-hybridized carbons (Fsp3) is 0.565. The molecular weight excluding hydrogens is 388 g/mol. The molecule has 1 aromatic carbocycles. The first kappa shape index (κ1) is 23.1. The molecule has 0 amide bonds. The minimum absolute atomic E-state index is 0.556. The van der Waals surface area contributed by atoms with Crippen LogP contribution in [-0.2, 0) is 13.1 Å². The summed E-state index contributed by atoms with van der Waals surface area (Å²) in [6.45, 7) is 9.05. The summed E-state index contributed by atoms with van der Waals surface area (Å²) in [6.07, 6.45) is 9.75. The van der Waals surface area contributed by atoms with Crippen molar-refractivity contribution in [2.75, 3.05) is 25.0 Å². The third kappa shape index (κ3) is 7.88. The standard InChI is InChI=1S/C23H36N8/c1-3-9-20(4-2)25-14-7-12-24-13-8-15-31-18-21(29-30-31)17-27-23-26-16-19-10-5-6-11-22(19)28-23/h5-6,10-11,16,18,20,24-25H,3-4,7-9,12-15,17H2,1-2H3,(H,26,27,28). The lowest BCUT2D eigenvalue weighted by Crippen LogP contribution is -2.31. The van der Waals surface area contributed by atoms with Crippen molar-refractivity contribution in [1.29, 1.82) is 0 Å². The molecule has 0 radical (unpaired) electrons. The molecule has 0 spiro atoms. The van der Waals surface area contributed by atoms with Gasteiger partial charge in [0.05, 0.1) is 18.3 Å². The quantitative estimate of drug-likeness (QED) is 0.322. The summed E-state index contributed by atoms with van der Waals surface area (Å²) in [5.74, 6) is 0.604. The maximum Gasteiger partial charge on any atom is 0.223 e. The summed E-state index contributed by atoms with van der Waals surface area (Å²) >= 11 is 0. The average Bonchev–Trinajstić information content (AvgIpc) is 3.26. The molecule has 0 fully saturated rings. The molecule has 2 heterocycles. The van der Waals surface area contributed by atoms with E-state index in [1.165, 1.54) is 19.3 Å². The zero-order chi connectivity index (χ0) is 21.7. The third-order valence-corrected chi connectivity index (χ3v) is 5.34. The summed E-state index contributed by atoms with van der Waals surface area (Å²) in [4.78, 5) is 8.88. The highest BCUT2D eigenvalue weighted by Crippen LogP contribution is 2.12. The van der Waals surface area contributed by atoms with Crippen molar-refractivity contribution < 1.29 is 0 Å². The zero-order valence-corrected chi connectivity index (χ0v) is 18.8. The van der Waals surface area contributed by atoms with Gasteiger partial charge in [-0.25, -0.2) is 9.97 Å². The smallest absolute Gasteiger partial charge is 0.223 e. The van der Waals surface area contributed by atoms with Gasteiger partial charge >= 0.3 is 0 Å². The topological polar surface area (TPSA) is 92.6 Å². The SMILES string of the molecule is CCCC(CC)NCCCNCCCn1cc(CNc2ncc3ccccc3n2)nn1. The van der Waals surface area contributed by atoms with E-state index in [0.717, 1.165) is 55.6 Å². The highest BCUT2D eigenvalue weighted by atomic mass is 15.4. The van der Waals surface area contributed by atoms with Gasteiger partial charge < -0.3 is 16.0 Å². The largest absolute Gasteiger partial charge is 0.348 e. The number of para-hydroxylation sites is 1. The Bertz CT molecular complexity index is 894. The molecule has 0 saturated heterocycles. The van der Waals surface area contributed by atoms with Crippen LogP contribution in [0, 0.1) is 0 Å². The summed E-state index contributed by atoms with van der Waals surface area (Å²) < 4.78 is 1.90. The van der Waals surface area contributed by atoms with Gasteiger partial charge in [-0.3, -0.25) is 4.68 Å². The van der Waals surface area contributed by atoms with Crippen LogP contribution in [0.15, 0.2) is 36.7 Å². The van der Waals surface area contributed by atoms with Gasteiger partial charge in [0.15, 0.2) is 0 Å². The number of aromatic nitrogens is 5. The van der Waals surface area contributed by atoms with Crippen LogP contribution in [0.25, 0.3) is 10.9 Å². The van der Waals surface area contributed by atoms with E-state index >= 15 is 0 Å². The van der Waals surface area contributed by atoms with Gasteiger partial charge in [0.1, 0.15) is 5.69 Å². The molecule has 1 unspecified atom stereocenters. The predicted octanol–water partition coefficient (Wildman–Crippen LogP) is 3.37. The summed E-state index contributed by atoms with van der Waals surface area (Å²) in [6, 6.07) is 8.63. The first-order valence-electron chi connectivity index (χ1n) is 11.6. The summed E-state index contributed by atoms with van der Waals surface area (Å²) in [7, 11) is 0. The normalized spacial score (nSPS) is 12.3. The highest BCUT2D eigenvalue weighted by Gasteiger charge is 2.04. The third-order valence-electron chi connectivity index (χ3n) is 5.34. The number of hydrogen-bond acceptors (Lipinski definition) is 7. The van der Waals surface area contributed by atoms with Crippen molar-refractivity contribution in [2.45, 2.75) is 65.1 Å². The Morgan fingerprint density at radius 3 is 2.81 bits per heavy atom.